The van der Waals surface area contributed by atoms with Crippen LogP contribution >= 0.6 is 0 Å². The van der Waals surface area contributed by atoms with Crippen LogP contribution in [0.1, 0.15) is 49.1 Å². The maximum Gasteiger partial charge on any atom is 0.0349 e. The van der Waals surface area contributed by atoms with Crippen LogP contribution in [0.4, 0.5) is 5.69 Å². The van der Waals surface area contributed by atoms with Gasteiger partial charge in [-0.1, -0.05) is 25.0 Å². The van der Waals surface area contributed by atoms with Crippen molar-refractivity contribution in [1.29, 1.82) is 0 Å². The summed E-state index contributed by atoms with van der Waals surface area (Å²) in [6, 6.07) is 7.17. The molecule has 92 valence electrons. The Morgan fingerprint density at radius 1 is 1.18 bits per heavy atom. The van der Waals surface area contributed by atoms with Crippen LogP contribution in [-0.2, 0) is 6.42 Å². The Morgan fingerprint density at radius 3 is 2.82 bits per heavy atom. The Kier molecular flexibility index (Phi) is 3.06. The highest BCUT2D eigenvalue weighted by Gasteiger charge is 2.24. The molecule has 0 aromatic heterocycles. The van der Waals surface area contributed by atoms with Crippen LogP contribution < -0.4 is 11.1 Å². The Bertz CT molecular complexity index is 394. The van der Waals surface area contributed by atoms with E-state index in [0.29, 0.717) is 5.92 Å². The van der Waals surface area contributed by atoms with E-state index in [1.165, 1.54) is 49.7 Å². The summed E-state index contributed by atoms with van der Waals surface area (Å²) in [4.78, 5) is 0. The van der Waals surface area contributed by atoms with E-state index in [4.69, 9.17) is 5.73 Å². The highest BCUT2D eigenvalue weighted by atomic mass is 14.9. The summed E-state index contributed by atoms with van der Waals surface area (Å²) >= 11 is 0. The second kappa shape index (κ2) is 4.69. The van der Waals surface area contributed by atoms with Crippen molar-refractivity contribution < 1.29 is 0 Å². The van der Waals surface area contributed by atoms with E-state index < -0.39 is 0 Å². The first-order valence-corrected chi connectivity index (χ1v) is 6.95. The largest absolute Gasteiger partial charge is 0.398 e. The zero-order valence-corrected chi connectivity index (χ0v) is 10.4. The maximum atomic E-state index is 6.03. The molecule has 17 heavy (non-hydrogen) atoms. The number of nitrogens with one attached hydrogen (secondary N) is 1. The quantitative estimate of drug-likeness (QED) is 0.784. The smallest absolute Gasteiger partial charge is 0.0349 e. The summed E-state index contributed by atoms with van der Waals surface area (Å²) in [5.74, 6) is 0.689. The molecule has 0 saturated heterocycles. The van der Waals surface area contributed by atoms with Crippen LogP contribution in [0.25, 0.3) is 0 Å². The SMILES string of the molecule is Nc1cccc2c1CCC2CNC1CCCC1. The molecule has 1 atom stereocenters. The summed E-state index contributed by atoms with van der Waals surface area (Å²) in [5, 5.41) is 3.74. The Labute approximate surface area is 104 Å². The Balaban J connectivity index is 1.65. The normalized spacial score (nSPS) is 24.1. The fourth-order valence-electron chi connectivity index (χ4n) is 3.42. The number of hydrogen-bond acceptors (Lipinski definition) is 2. The molecule has 2 aliphatic carbocycles. The number of hydrogen-bond donors (Lipinski definition) is 2. The number of nitrogens with two attached hydrogens (primary N) is 1. The van der Waals surface area contributed by atoms with Crippen molar-refractivity contribution in [2.45, 2.75) is 50.5 Å². The highest BCUT2D eigenvalue weighted by Crippen LogP contribution is 2.36. The minimum Gasteiger partial charge on any atom is -0.398 e. The first-order chi connectivity index (χ1) is 8.34. The van der Waals surface area contributed by atoms with E-state index in [1.54, 1.807) is 0 Å². The number of fused-ring (bicyclic) bond motifs is 1. The summed E-state index contributed by atoms with van der Waals surface area (Å²) < 4.78 is 0. The summed E-state index contributed by atoms with van der Waals surface area (Å²) in [6.45, 7) is 1.14. The number of nitrogen functional groups attached to an aromatic ring is 1. The Morgan fingerprint density at radius 2 is 2.00 bits per heavy atom. The van der Waals surface area contributed by atoms with Crippen LogP contribution in [0.5, 0.6) is 0 Å². The lowest BCUT2D eigenvalue weighted by molar-refractivity contribution is 0.486. The van der Waals surface area contributed by atoms with Crippen LogP contribution in [0.2, 0.25) is 0 Å². The van der Waals surface area contributed by atoms with Gasteiger partial charge in [0.2, 0.25) is 0 Å². The van der Waals surface area contributed by atoms with Crippen molar-refractivity contribution in [3.8, 4) is 0 Å². The molecule has 0 heterocycles. The number of rotatable bonds is 3. The molecular weight excluding hydrogens is 208 g/mol. The molecule has 0 bridgehead atoms. The van der Waals surface area contributed by atoms with Gasteiger partial charge in [0.1, 0.15) is 0 Å². The number of benzene rings is 1. The zero-order chi connectivity index (χ0) is 11.7. The molecule has 1 fully saturated rings. The van der Waals surface area contributed by atoms with Gasteiger partial charge in [-0.3, -0.25) is 0 Å². The van der Waals surface area contributed by atoms with Gasteiger partial charge in [-0.25, -0.2) is 0 Å². The molecule has 3 rings (SSSR count). The van der Waals surface area contributed by atoms with E-state index in [-0.39, 0.29) is 0 Å². The average Bonchev–Trinajstić information content (AvgIpc) is 2.95. The fraction of sp³-hybridized carbons (Fsp3) is 0.600. The first-order valence-electron chi connectivity index (χ1n) is 6.95. The van der Waals surface area contributed by atoms with Gasteiger partial charge in [-0.05, 0) is 48.8 Å². The molecule has 3 N–H and O–H groups in total. The minimum atomic E-state index is 0.689. The summed E-state index contributed by atoms with van der Waals surface area (Å²) in [5.41, 5.74) is 9.93. The van der Waals surface area contributed by atoms with Crippen molar-refractivity contribution in [1.82, 2.24) is 5.32 Å². The van der Waals surface area contributed by atoms with Crippen molar-refractivity contribution in [2.75, 3.05) is 12.3 Å². The van der Waals surface area contributed by atoms with Gasteiger partial charge in [0, 0.05) is 18.3 Å². The van der Waals surface area contributed by atoms with Gasteiger partial charge < -0.3 is 11.1 Å². The van der Waals surface area contributed by atoms with Crippen LogP contribution in [0, 0.1) is 0 Å². The third-order valence-electron chi connectivity index (χ3n) is 4.44. The summed E-state index contributed by atoms with van der Waals surface area (Å²) in [6.07, 6.45) is 7.99. The molecule has 1 aromatic carbocycles. The van der Waals surface area contributed by atoms with Gasteiger partial charge in [0.05, 0.1) is 0 Å². The van der Waals surface area contributed by atoms with Crippen molar-refractivity contribution in [2.24, 2.45) is 0 Å². The second-order valence-corrected chi connectivity index (χ2v) is 5.54. The van der Waals surface area contributed by atoms with Crippen LogP contribution in [-0.4, -0.2) is 12.6 Å². The third kappa shape index (κ3) is 2.19. The van der Waals surface area contributed by atoms with Crippen molar-refractivity contribution in [3.05, 3.63) is 29.3 Å². The fourth-order valence-corrected chi connectivity index (χ4v) is 3.42. The second-order valence-electron chi connectivity index (χ2n) is 5.54. The van der Waals surface area contributed by atoms with Gasteiger partial charge >= 0.3 is 0 Å². The molecule has 2 nitrogen and oxygen atoms in total. The highest BCUT2D eigenvalue weighted by molar-refractivity contribution is 5.54. The molecule has 1 unspecified atom stereocenters. The van der Waals surface area contributed by atoms with E-state index in [1.807, 2.05) is 6.07 Å². The van der Waals surface area contributed by atoms with E-state index in [2.05, 4.69) is 17.4 Å². The molecule has 1 saturated carbocycles. The molecule has 0 aliphatic heterocycles. The Hall–Kier alpha value is -1.02. The predicted octanol–water partition coefficient (Wildman–Crippen LogP) is 2.83. The maximum absolute atomic E-state index is 6.03. The van der Waals surface area contributed by atoms with Crippen molar-refractivity contribution >= 4 is 5.69 Å². The first kappa shape index (κ1) is 11.1. The van der Waals surface area contributed by atoms with Crippen molar-refractivity contribution in [3.63, 3.8) is 0 Å². The van der Waals surface area contributed by atoms with Gasteiger partial charge in [0.25, 0.3) is 0 Å². The molecule has 2 heteroatoms. The molecule has 2 aliphatic rings. The topological polar surface area (TPSA) is 38.0 Å². The van der Waals surface area contributed by atoms with E-state index in [9.17, 15) is 0 Å². The lowest BCUT2D eigenvalue weighted by atomic mass is 10.0. The molecule has 0 amide bonds. The molecular formula is C15H22N2. The standard InChI is InChI=1S/C15H22N2/c16-15-7-3-6-13-11(8-9-14(13)15)10-17-12-4-1-2-5-12/h3,6-7,11-12,17H,1-2,4-5,8-10,16H2. The van der Waals surface area contributed by atoms with Gasteiger partial charge in [-0.15, -0.1) is 0 Å². The molecule has 0 radical (unpaired) electrons. The third-order valence-corrected chi connectivity index (χ3v) is 4.44. The summed E-state index contributed by atoms with van der Waals surface area (Å²) in [7, 11) is 0. The minimum absolute atomic E-state index is 0.689. The lowest BCUT2D eigenvalue weighted by Crippen LogP contribution is -2.29. The monoisotopic (exact) mass is 230 g/mol. The van der Waals surface area contributed by atoms with E-state index >= 15 is 0 Å². The number of anilines is 1. The predicted molar refractivity (Wildman–Crippen MR) is 72.2 cm³/mol. The average molecular weight is 230 g/mol. The van der Waals surface area contributed by atoms with Crippen LogP contribution in [0.3, 0.4) is 0 Å². The van der Waals surface area contributed by atoms with Gasteiger partial charge in [0.15, 0.2) is 0 Å². The van der Waals surface area contributed by atoms with Crippen LogP contribution in [0.15, 0.2) is 18.2 Å². The van der Waals surface area contributed by atoms with Gasteiger partial charge in [-0.2, -0.15) is 0 Å². The lowest BCUT2D eigenvalue weighted by Gasteiger charge is -2.17. The molecule has 1 aromatic rings. The zero-order valence-electron chi connectivity index (χ0n) is 10.4. The molecule has 0 spiro atoms. The van der Waals surface area contributed by atoms with E-state index in [0.717, 1.165) is 18.3 Å².